The summed E-state index contributed by atoms with van der Waals surface area (Å²) in [5, 5.41) is 11.1. The van der Waals surface area contributed by atoms with Crippen molar-refractivity contribution in [2.24, 2.45) is 0 Å². The number of aliphatic hydroxyl groups excluding tert-OH is 1. The van der Waals surface area contributed by atoms with Gasteiger partial charge in [0.05, 0.1) is 25.4 Å². The molecule has 0 aliphatic carbocycles. The van der Waals surface area contributed by atoms with E-state index in [1.165, 1.54) is 19.1 Å². The van der Waals surface area contributed by atoms with Crippen LogP contribution in [0, 0.1) is 6.92 Å². The number of ketones is 1. The van der Waals surface area contributed by atoms with E-state index < -0.39 is 17.7 Å². The minimum atomic E-state index is -0.800. The van der Waals surface area contributed by atoms with E-state index in [9.17, 15) is 14.7 Å². The number of amides is 1. The van der Waals surface area contributed by atoms with Crippen LogP contribution in [0.1, 0.15) is 42.9 Å². The normalized spacial score (nSPS) is 18.3. The molecule has 7 heteroatoms. The Kier molecular flexibility index (Phi) is 5.96. The van der Waals surface area contributed by atoms with Gasteiger partial charge in [-0.2, -0.15) is 0 Å². The quantitative estimate of drug-likeness (QED) is 0.432. The van der Waals surface area contributed by atoms with Crippen LogP contribution >= 0.6 is 0 Å². The molecule has 1 N–H and O–H groups in total. The standard InChI is InChI=1S/C22H25NO6/c1-5-6-11-23-19(17-9-7-13(2)29-17)18(21(25)22(23)26)20(24)15-12-14(27-3)8-10-16(15)28-4/h7-10,12,19,24H,5-6,11H2,1-4H3/b20-18+. The first kappa shape index (κ1) is 20.5. The highest BCUT2D eigenvalue weighted by Gasteiger charge is 2.47. The number of Topliss-reactive ketones (excluding diaryl/α,β-unsaturated/α-hetero) is 1. The third-order valence-electron chi connectivity index (χ3n) is 4.98. The van der Waals surface area contributed by atoms with Crippen molar-refractivity contribution in [3.63, 3.8) is 0 Å². The summed E-state index contributed by atoms with van der Waals surface area (Å²) >= 11 is 0. The van der Waals surface area contributed by atoms with Crippen LogP contribution in [0.15, 0.2) is 40.3 Å². The highest BCUT2D eigenvalue weighted by molar-refractivity contribution is 6.46. The highest BCUT2D eigenvalue weighted by Crippen LogP contribution is 2.42. The number of hydrogen-bond acceptors (Lipinski definition) is 6. The Bertz CT molecular complexity index is 958. The molecular formula is C22H25NO6. The lowest BCUT2D eigenvalue weighted by molar-refractivity contribution is -0.140. The molecule has 29 heavy (non-hydrogen) atoms. The lowest BCUT2D eigenvalue weighted by atomic mass is 9.98. The molecule has 0 bridgehead atoms. The van der Waals surface area contributed by atoms with Gasteiger partial charge in [0.25, 0.3) is 11.7 Å². The number of ether oxygens (including phenoxy) is 2. The molecule has 1 fully saturated rings. The molecule has 1 amide bonds. The second kappa shape index (κ2) is 8.43. The van der Waals surface area contributed by atoms with E-state index in [0.29, 0.717) is 29.6 Å². The summed E-state index contributed by atoms with van der Waals surface area (Å²) in [4.78, 5) is 27.1. The Morgan fingerprint density at radius 2 is 1.93 bits per heavy atom. The SMILES string of the molecule is CCCCN1C(=O)C(=O)/C(=C(/O)c2cc(OC)ccc2OC)C1c1ccc(C)o1. The van der Waals surface area contributed by atoms with Gasteiger partial charge in [-0.15, -0.1) is 0 Å². The van der Waals surface area contributed by atoms with Gasteiger partial charge in [-0.1, -0.05) is 13.3 Å². The summed E-state index contributed by atoms with van der Waals surface area (Å²) in [7, 11) is 2.97. The first-order valence-electron chi connectivity index (χ1n) is 9.50. The lowest BCUT2D eigenvalue weighted by Gasteiger charge is -2.23. The van der Waals surface area contributed by atoms with Crippen molar-refractivity contribution in [3.8, 4) is 11.5 Å². The predicted octanol–water partition coefficient (Wildman–Crippen LogP) is 3.83. The Labute approximate surface area is 169 Å². The zero-order valence-corrected chi connectivity index (χ0v) is 17.0. The molecule has 3 rings (SSSR count). The molecule has 1 saturated heterocycles. The summed E-state index contributed by atoms with van der Waals surface area (Å²) in [5.41, 5.74) is 0.251. The highest BCUT2D eigenvalue weighted by atomic mass is 16.5. The maximum absolute atomic E-state index is 12.9. The van der Waals surface area contributed by atoms with Crippen LogP contribution in [0.2, 0.25) is 0 Å². The molecule has 1 aromatic heterocycles. The Morgan fingerprint density at radius 1 is 1.17 bits per heavy atom. The molecule has 1 unspecified atom stereocenters. The van der Waals surface area contributed by atoms with Crippen molar-refractivity contribution in [1.82, 2.24) is 4.90 Å². The third-order valence-corrected chi connectivity index (χ3v) is 4.98. The van der Waals surface area contributed by atoms with Crippen molar-refractivity contribution in [2.75, 3.05) is 20.8 Å². The van der Waals surface area contributed by atoms with E-state index in [-0.39, 0.29) is 16.9 Å². The number of likely N-dealkylation sites (tertiary alicyclic amines) is 1. The fraction of sp³-hybridized carbons (Fsp3) is 0.364. The number of aliphatic hydroxyl groups is 1. The van der Waals surface area contributed by atoms with Crippen molar-refractivity contribution >= 4 is 17.4 Å². The smallest absolute Gasteiger partial charge is 0.295 e. The number of unbranched alkanes of at least 4 members (excludes halogenated alkanes) is 1. The van der Waals surface area contributed by atoms with Crippen LogP contribution in [-0.2, 0) is 9.59 Å². The van der Waals surface area contributed by atoms with Gasteiger partial charge in [0.15, 0.2) is 0 Å². The van der Waals surface area contributed by atoms with Crippen molar-refractivity contribution in [2.45, 2.75) is 32.7 Å². The summed E-state index contributed by atoms with van der Waals surface area (Å²) in [6.07, 6.45) is 1.59. The zero-order valence-electron chi connectivity index (χ0n) is 17.0. The predicted molar refractivity (Wildman–Crippen MR) is 107 cm³/mol. The van der Waals surface area contributed by atoms with Crippen LogP contribution in [0.3, 0.4) is 0 Å². The number of hydrogen-bond donors (Lipinski definition) is 1. The van der Waals surface area contributed by atoms with E-state index >= 15 is 0 Å². The van der Waals surface area contributed by atoms with Crippen LogP contribution in [0.25, 0.3) is 5.76 Å². The number of nitrogens with zero attached hydrogens (tertiary/aromatic N) is 1. The molecule has 2 heterocycles. The molecule has 1 aliphatic rings. The summed E-state index contributed by atoms with van der Waals surface area (Å²) in [5.74, 6) is 0.206. The number of methoxy groups -OCH3 is 2. The van der Waals surface area contributed by atoms with Crippen molar-refractivity contribution in [3.05, 3.63) is 53.0 Å². The zero-order chi connectivity index (χ0) is 21.1. The number of carbonyl (C=O) groups is 2. The van der Waals surface area contributed by atoms with Gasteiger partial charge in [0, 0.05) is 6.54 Å². The molecule has 0 radical (unpaired) electrons. The second-order valence-electron chi connectivity index (χ2n) is 6.86. The van der Waals surface area contributed by atoms with Crippen LogP contribution in [0.4, 0.5) is 0 Å². The first-order valence-corrected chi connectivity index (χ1v) is 9.50. The Morgan fingerprint density at radius 3 is 2.52 bits per heavy atom. The number of furan rings is 1. The fourth-order valence-electron chi connectivity index (χ4n) is 3.48. The van der Waals surface area contributed by atoms with E-state index in [4.69, 9.17) is 13.9 Å². The van der Waals surface area contributed by atoms with Crippen molar-refractivity contribution in [1.29, 1.82) is 0 Å². The van der Waals surface area contributed by atoms with E-state index in [0.717, 1.165) is 12.8 Å². The van der Waals surface area contributed by atoms with E-state index in [1.807, 2.05) is 6.92 Å². The van der Waals surface area contributed by atoms with Gasteiger partial charge >= 0.3 is 0 Å². The maximum Gasteiger partial charge on any atom is 0.295 e. The molecule has 2 aromatic rings. The minimum Gasteiger partial charge on any atom is -0.507 e. The molecule has 0 saturated carbocycles. The summed E-state index contributed by atoms with van der Waals surface area (Å²) in [6, 6.07) is 7.57. The van der Waals surface area contributed by atoms with Gasteiger partial charge in [0.1, 0.15) is 34.8 Å². The molecule has 0 spiro atoms. The van der Waals surface area contributed by atoms with E-state index in [2.05, 4.69) is 0 Å². The fourth-order valence-corrected chi connectivity index (χ4v) is 3.48. The van der Waals surface area contributed by atoms with Crippen LogP contribution in [-0.4, -0.2) is 42.5 Å². The molecular weight excluding hydrogens is 374 g/mol. The number of benzene rings is 1. The topological polar surface area (TPSA) is 89.2 Å². The van der Waals surface area contributed by atoms with Crippen LogP contribution < -0.4 is 9.47 Å². The van der Waals surface area contributed by atoms with Gasteiger partial charge < -0.3 is 23.9 Å². The lowest BCUT2D eigenvalue weighted by Crippen LogP contribution is -2.30. The van der Waals surface area contributed by atoms with Crippen molar-refractivity contribution < 1.29 is 28.6 Å². The van der Waals surface area contributed by atoms with Gasteiger partial charge in [-0.25, -0.2) is 0 Å². The third kappa shape index (κ3) is 3.72. The largest absolute Gasteiger partial charge is 0.507 e. The monoisotopic (exact) mass is 399 g/mol. The Balaban J connectivity index is 2.21. The average molecular weight is 399 g/mol. The van der Waals surface area contributed by atoms with Gasteiger partial charge in [-0.3, -0.25) is 9.59 Å². The number of carbonyl (C=O) groups excluding carboxylic acids is 2. The summed E-state index contributed by atoms with van der Waals surface area (Å²) < 4.78 is 16.3. The Hall–Kier alpha value is -3.22. The minimum absolute atomic E-state index is 0.0213. The summed E-state index contributed by atoms with van der Waals surface area (Å²) in [6.45, 7) is 4.17. The van der Waals surface area contributed by atoms with Gasteiger partial charge in [-0.05, 0) is 43.7 Å². The molecule has 1 atom stereocenters. The second-order valence-corrected chi connectivity index (χ2v) is 6.86. The first-order chi connectivity index (χ1) is 13.9. The molecule has 1 aromatic carbocycles. The molecule has 7 nitrogen and oxygen atoms in total. The maximum atomic E-state index is 12.9. The number of rotatable bonds is 7. The average Bonchev–Trinajstić information content (AvgIpc) is 3.26. The molecule has 1 aliphatic heterocycles. The number of aryl methyl sites for hydroxylation is 1. The molecule has 154 valence electrons. The van der Waals surface area contributed by atoms with E-state index in [1.54, 1.807) is 37.3 Å². The van der Waals surface area contributed by atoms with Gasteiger partial charge in [0.2, 0.25) is 0 Å². The van der Waals surface area contributed by atoms with Crippen LogP contribution in [0.5, 0.6) is 11.5 Å².